The maximum Gasteiger partial charge on any atom is 0.214 e. The highest BCUT2D eigenvalue weighted by molar-refractivity contribution is 5.88. The molecule has 4 N–H and O–H groups in total. The lowest BCUT2D eigenvalue weighted by molar-refractivity contribution is -0.678. The summed E-state index contributed by atoms with van der Waals surface area (Å²) in [4.78, 5) is 0. The number of hydrogen-bond acceptors (Lipinski definition) is 2. The minimum Gasteiger partial charge on any atom is -1.00 e. The number of nitrogen functional groups attached to an aromatic ring is 2. The third-order valence-corrected chi connectivity index (χ3v) is 6.61. The van der Waals surface area contributed by atoms with Crippen LogP contribution in [-0.4, -0.2) is 0 Å². The van der Waals surface area contributed by atoms with Gasteiger partial charge in [0, 0.05) is 51.0 Å². The molecule has 0 amide bonds. The summed E-state index contributed by atoms with van der Waals surface area (Å²) >= 11 is 0. The van der Waals surface area contributed by atoms with Crippen molar-refractivity contribution in [2.45, 2.75) is 65.5 Å². The summed E-state index contributed by atoms with van der Waals surface area (Å²) in [7, 11) is 0. The summed E-state index contributed by atoms with van der Waals surface area (Å²) < 4.78 is 4.83. The summed E-state index contributed by atoms with van der Waals surface area (Å²) in [5.74, 6) is 0. The molecule has 0 aliphatic carbocycles. The molecule has 2 aromatic heterocycles. The molecule has 34 heavy (non-hydrogen) atoms. The Balaban J connectivity index is 0.00000204. The van der Waals surface area contributed by atoms with E-state index in [4.69, 9.17) is 11.5 Å². The van der Waals surface area contributed by atoms with E-state index in [9.17, 15) is 0 Å². The number of benzene rings is 2. The number of aryl methyl sites for hydroxylation is 4. The first-order chi connectivity index (χ1) is 15.6. The Hall–Kier alpha value is -2.18. The van der Waals surface area contributed by atoms with Crippen molar-refractivity contribution in [2.24, 2.45) is 0 Å². The van der Waals surface area contributed by atoms with Crippen molar-refractivity contribution >= 4 is 33.2 Å². The van der Waals surface area contributed by atoms with Crippen LogP contribution in [0.1, 0.15) is 49.9 Å². The quantitative estimate of drug-likeness (QED) is 0.203. The molecule has 0 fully saturated rings. The highest BCUT2D eigenvalue weighted by atomic mass is 79.9. The van der Waals surface area contributed by atoms with Gasteiger partial charge >= 0.3 is 0 Å². The molecule has 0 bridgehead atoms. The highest BCUT2D eigenvalue weighted by Gasteiger charge is 2.16. The Morgan fingerprint density at radius 2 is 0.912 bits per heavy atom. The van der Waals surface area contributed by atoms with Crippen LogP contribution in [0, 0.1) is 13.8 Å². The van der Waals surface area contributed by atoms with Crippen molar-refractivity contribution < 1.29 is 43.1 Å². The number of fused-ring (bicyclic) bond motifs is 2. The molecule has 0 saturated heterocycles. The van der Waals surface area contributed by atoms with E-state index < -0.39 is 0 Å². The van der Waals surface area contributed by atoms with Crippen LogP contribution in [0.3, 0.4) is 0 Å². The lowest BCUT2D eigenvalue weighted by Crippen LogP contribution is -3.00. The third-order valence-electron chi connectivity index (χ3n) is 6.61. The monoisotopic (exact) mass is 586 g/mol. The molecule has 0 radical (unpaired) electrons. The lowest BCUT2D eigenvalue weighted by atomic mass is 10.1. The van der Waals surface area contributed by atoms with Gasteiger partial charge in [-0.2, -0.15) is 9.13 Å². The van der Waals surface area contributed by atoms with E-state index in [-0.39, 0.29) is 34.0 Å². The smallest absolute Gasteiger partial charge is 0.214 e. The molecule has 2 heterocycles. The van der Waals surface area contributed by atoms with Crippen LogP contribution in [0.15, 0.2) is 60.7 Å². The second-order valence-corrected chi connectivity index (χ2v) is 8.94. The fraction of sp³-hybridized carbons (Fsp3) is 0.357. The minimum absolute atomic E-state index is 0. The standard InChI is InChI=1S/C28H34N4.2BrH/c1-21-19-25(29)23-13-7-9-15-27(23)31(21)17-11-5-3-4-6-12-18-32-22(2)20-26(30)24-14-8-10-16-28(24)32;;/h7-10,13-16,19-20,29-30H,3-6,11-12,17-18H2,1-2H3;2*1H. The van der Waals surface area contributed by atoms with Crippen molar-refractivity contribution in [3.05, 3.63) is 72.1 Å². The minimum atomic E-state index is 0. The van der Waals surface area contributed by atoms with Crippen molar-refractivity contribution in [1.29, 1.82) is 0 Å². The van der Waals surface area contributed by atoms with Gasteiger partial charge in [-0.3, -0.25) is 0 Å². The van der Waals surface area contributed by atoms with E-state index in [0.29, 0.717) is 0 Å². The number of para-hydroxylation sites is 2. The number of aromatic nitrogens is 2. The van der Waals surface area contributed by atoms with Gasteiger partial charge in [0.1, 0.15) is 13.1 Å². The molecular weight excluding hydrogens is 552 g/mol. The molecular formula is C28H36Br2N4. The molecule has 0 atom stereocenters. The van der Waals surface area contributed by atoms with Gasteiger partial charge in [0.05, 0.1) is 22.1 Å². The SMILES string of the molecule is Cc1cc(N)c2ccccc2[n+]1CCCCCCCC[n+]1c(C)cc(N)c2ccccc21.[Br-].[Br-]. The first-order valence-corrected chi connectivity index (χ1v) is 11.9. The predicted octanol–water partition coefficient (Wildman–Crippen LogP) is -0.602. The normalized spacial score (nSPS) is 10.8. The zero-order chi connectivity index (χ0) is 22.5. The molecule has 0 spiro atoms. The van der Waals surface area contributed by atoms with Crippen molar-refractivity contribution in [3.8, 4) is 0 Å². The first-order valence-electron chi connectivity index (χ1n) is 11.9. The molecule has 0 saturated carbocycles. The maximum atomic E-state index is 6.22. The molecule has 4 aromatic rings. The number of pyridine rings is 2. The zero-order valence-corrected chi connectivity index (χ0v) is 23.4. The number of hydrogen-bond donors (Lipinski definition) is 2. The van der Waals surface area contributed by atoms with Gasteiger partial charge in [-0.15, -0.1) is 0 Å². The lowest BCUT2D eigenvalue weighted by Gasteiger charge is -2.08. The number of nitrogens with zero attached hydrogens (tertiary/aromatic N) is 2. The van der Waals surface area contributed by atoms with Crippen LogP contribution in [0.25, 0.3) is 21.8 Å². The second-order valence-electron chi connectivity index (χ2n) is 8.94. The van der Waals surface area contributed by atoms with Crippen molar-refractivity contribution in [3.63, 3.8) is 0 Å². The van der Waals surface area contributed by atoms with Crippen LogP contribution in [0.2, 0.25) is 0 Å². The predicted molar refractivity (Wildman–Crippen MR) is 134 cm³/mol. The van der Waals surface area contributed by atoms with E-state index in [1.165, 1.54) is 60.9 Å². The molecule has 182 valence electrons. The summed E-state index contributed by atoms with van der Waals surface area (Å²) in [6.07, 6.45) is 7.52. The van der Waals surface area contributed by atoms with E-state index in [1.807, 2.05) is 0 Å². The van der Waals surface area contributed by atoms with Gasteiger partial charge in [-0.05, 0) is 25.0 Å². The van der Waals surface area contributed by atoms with Gasteiger partial charge < -0.3 is 45.4 Å². The fourth-order valence-electron chi connectivity index (χ4n) is 4.89. The largest absolute Gasteiger partial charge is 1.00 e. The Morgan fingerprint density at radius 3 is 1.32 bits per heavy atom. The average molecular weight is 588 g/mol. The molecule has 0 aliphatic rings. The van der Waals surface area contributed by atoms with E-state index in [0.717, 1.165) is 35.2 Å². The highest BCUT2D eigenvalue weighted by Crippen LogP contribution is 2.20. The molecule has 0 aliphatic heterocycles. The molecule has 4 nitrogen and oxygen atoms in total. The Bertz CT molecular complexity index is 1140. The summed E-state index contributed by atoms with van der Waals surface area (Å²) in [6.45, 7) is 6.42. The average Bonchev–Trinajstić information content (AvgIpc) is 2.79. The van der Waals surface area contributed by atoms with Crippen LogP contribution in [-0.2, 0) is 13.1 Å². The molecule has 4 rings (SSSR count). The molecule has 0 unspecified atom stereocenters. The van der Waals surface area contributed by atoms with Crippen LogP contribution >= 0.6 is 0 Å². The third kappa shape index (κ3) is 6.28. The summed E-state index contributed by atoms with van der Waals surface area (Å²) in [5.41, 5.74) is 19.1. The van der Waals surface area contributed by atoms with Crippen molar-refractivity contribution in [1.82, 2.24) is 0 Å². The van der Waals surface area contributed by atoms with E-state index in [1.54, 1.807) is 0 Å². The Morgan fingerprint density at radius 1 is 0.559 bits per heavy atom. The number of rotatable bonds is 9. The number of anilines is 2. The molecule has 6 heteroatoms. The van der Waals surface area contributed by atoms with Crippen LogP contribution < -0.4 is 54.6 Å². The van der Waals surface area contributed by atoms with E-state index in [2.05, 4.69) is 83.6 Å². The zero-order valence-electron chi connectivity index (χ0n) is 20.2. The maximum absolute atomic E-state index is 6.22. The number of nitrogens with two attached hydrogens (primary N) is 2. The van der Waals surface area contributed by atoms with Gasteiger partial charge in [0.2, 0.25) is 11.0 Å². The fourth-order valence-corrected chi connectivity index (χ4v) is 4.89. The van der Waals surface area contributed by atoms with Crippen LogP contribution in [0.5, 0.6) is 0 Å². The summed E-state index contributed by atoms with van der Waals surface area (Å²) in [6, 6.07) is 21.1. The Kier molecular flexibility index (Phi) is 10.8. The second kappa shape index (κ2) is 13.1. The Labute approximate surface area is 224 Å². The summed E-state index contributed by atoms with van der Waals surface area (Å²) in [5, 5.41) is 2.31. The van der Waals surface area contributed by atoms with Crippen LogP contribution in [0.4, 0.5) is 11.4 Å². The van der Waals surface area contributed by atoms with Gasteiger partial charge in [-0.1, -0.05) is 37.1 Å². The van der Waals surface area contributed by atoms with Gasteiger partial charge in [0.25, 0.3) is 0 Å². The topological polar surface area (TPSA) is 59.8 Å². The van der Waals surface area contributed by atoms with Gasteiger partial charge in [0.15, 0.2) is 11.4 Å². The molecule has 2 aromatic carbocycles. The van der Waals surface area contributed by atoms with E-state index >= 15 is 0 Å². The first kappa shape index (κ1) is 28.1. The number of unbranched alkanes of at least 4 members (excludes halogenated alkanes) is 5. The van der Waals surface area contributed by atoms with Gasteiger partial charge in [-0.25, -0.2) is 0 Å². The number of halogens is 2. The van der Waals surface area contributed by atoms with Crippen molar-refractivity contribution in [2.75, 3.05) is 11.5 Å².